The number of nitrogens with zero attached hydrogens (tertiary/aromatic N) is 5. The zero-order chi connectivity index (χ0) is 32.3. The average molecular weight is 632 g/mol. The highest BCUT2D eigenvalue weighted by Crippen LogP contribution is 2.41. The number of benzene rings is 3. The van der Waals surface area contributed by atoms with Crippen LogP contribution in [0.2, 0.25) is 0 Å². The summed E-state index contributed by atoms with van der Waals surface area (Å²) in [6.45, 7) is 7.70. The Labute approximate surface area is 266 Å². The first-order chi connectivity index (χ1) is 22.0. The number of halogens is 2. The Balaban J connectivity index is 1.32. The lowest BCUT2D eigenvalue weighted by molar-refractivity contribution is 0.0122. The molecule has 3 aliphatic rings. The van der Waals surface area contributed by atoms with E-state index in [1.54, 1.807) is 30.3 Å². The predicted octanol–water partition coefficient (Wildman–Crippen LogP) is 6.49. The number of aromatic nitrogens is 2. The van der Waals surface area contributed by atoms with Crippen molar-refractivity contribution in [3.05, 3.63) is 54.1 Å². The molecule has 242 valence electrons. The second kappa shape index (κ2) is 11.5. The largest absolute Gasteiger partial charge is 0.508 e. The second-order valence-electron chi connectivity index (χ2n) is 13.8. The van der Waals surface area contributed by atoms with Gasteiger partial charge in [0.1, 0.15) is 35.1 Å². The van der Waals surface area contributed by atoms with Crippen LogP contribution in [0.1, 0.15) is 46.5 Å². The van der Waals surface area contributed by atoms with E-state index in [0.717, 1.165) is 32.2 Å². The minimum absolute atomic E-state index is 0.0157. The zero-order valence-electron chi connectivity index (χ0n) is 26.6. The smallest absolute Gasteiger partial charge is 0.410 e. The number of ether oxygens (including phenoxy) is 2. The summed E-state index contributed by atoms with van der Waals surface area (Å²) in [6, 6.07) is 11.3. The molecule has 4 heterocycles. The van der Waals surface area contributed by atoms with E-state index in [-0.39, 0.29) is 58.0 Å². The van der Waals surface area contributed by atoms with E-state index in [4.69, 9.17) is 14.5 Å². The Bertz CT molecular complexity index is 1820. The number of likely N-dealkylation sites (tertiary alicyclic amines) is 1. The van der Waals surface area contributed by atoms with Gasteiger partial charge in [-0.3, -0.25) is 4.90 Å². The fourth-order valence-corrected chi connectivity index (χ4v) is 7.26. The summed E-state index contributed by atoms with van der Waals surface area (Å²) in [5, 5.41) is 11.9. The second-order valence-corrected chi connectivity index (χ2v) is 13.8. The SMILES string of the molecule is CN1CCC[C@H]1COc1nc(N2CC3CCC(C2)N3C(=O)OC(C)(C)C)c2cc(F)c(-c3cc(O)cc4ccccc34)c(F)c2n1. The molecule has 3 saturated heterocycles. The first kappa shape index (κ1) is 30.4. The Kier molecular flexibility index (Phi) is 7.62. The maximum absolute atomic E-state index is 16.7. The number of hydrogen-bond donors (Lipinski definition) is 1. The monoisotopic (exact) mass is 631 g/mol. The van der Waals surface area contributed by atoms with Gasteiger partial charge in [-0.1, -0.05) is 24.3 Å². The zero-order valence-corrected chi connectivity index (χ0v) is 26.6. The lowest BCUT2D eigenvalue weighted by atomic mass is 9.95. The molecule has 2 unspecified atom stereocenters. The van der Waals surface area contributed by atoms with Gasteiger partial charge in [0, 0.05) is 24.5 Å². The van der Waals surface area contributed by atoms with Crippen molar-refractivity contribution < 1.29 is 28.2 Å². The molecule has 0 spiro atoms. The number of carbonyl (C=O) groups is 1. The van der Waals surface area contributed by atoms with Gasteiger partial charge in [0.25, 0.3) is 0 Å². The first-order valence-corrected chi connectivity index (χ1v) is 16.0. The summed E-state index contributed by atoms with van der Waals surface area (Å²) >= 11 is 0. The van der Waals surface area contributed by atoms with Crippen LogP contribution in [0.25, 0.3) is 32.8 Å². The molecule has 0 saturated carbocycles. The molecule has 46 heavy (non-hydrogen) atoms. The van der Waals surface area contributed by atoms with E-state index >= 15 is 8.78 Å². The van der Waals surface area contributed by atoms with Gasteiger partial charge in [-0.2, -0.15) is 9.97 Å². The standard InChI is InChI=1S/C35H39F2N5O4/c1-35(2,3)46-34(44)42-21-11-12-22(42)18-41(17-21)32-27-16-28(36)29(26-15-24(43)14-20-8-5-6-10-25(20)26)30(37)31(27)38-33(39-32)45-19-23-9-7-13-40(23)4/h5-6,8,10,14-16,21-23,43H,7,9,11-13,17-19H2,1-4H3/t21?,22?,23-/m0/s1. The molecule has 3 aliphatic heterocycles. The number of aromatic hydroxyl groups is 1. The maximum atomic E-state index is 16.7. The van der Waals surface area contributed by atoms with Crippen LogP contribution < -0.4 is 9.64 Å². The topological polar surface area (TPSA) is 91.3 Å². The molecule has 7 rings (SSSR count). The van der Waals surface area contributed by atoms with E-state index in [0.29, 0.717) is 36.3 Å². The first-order valence-electron chi connectivity index (χ1n) is 16.0. The quantitative estimate of drug-likeness (QED) is 0.267. The molecule has 1 N–H and O–H groups in total. The van der Waals surface area contributed by atoms with E-state index in [1.807, 2.05) is 37.6 Å². The van der Waals surface area contributed by atoms with Gasteiger partial charge >= 0.3 is 12.1 Å². The average Bonchev–Trinajstić information content (AvgIpc) is 3.53. The van der Waals surface area contributed by atoms with Crippen molar-refractivity contribution in [3.63, 3.8) is 0 Å². The lowest BCUT2D eigenvalue weighted by Gasteiger charge is -2.42. The summed E-state index contributed by atoms with van der Waals surface area (Å²) in [6.07, 6.45) is 3.27. The molecule has 0 aliphatic carbocycles. The third-order valence-electron chi connectivity index (χ3n) is 9.42. The molecule has 2 bridgehead atoms. The van der Waals surface area contributed by atoms with Crippen LogP contribution in [0.15, 0.2) is 42.5 Å². The molecule has 1 amide bonds. The molecular formula is C35H39F2N5O4. The van der Waals surface area contributed by atoms with Crippen molar-refractivity contribution in [1.29, 1.82) is 0 Å². The van der Waals surface area contributed by atoms with Crippen molar-refractivity contribution >= 4 is 33.6 Å². The number of likely N-dealkylation sites (N-methyl/N-ethyl adjacent to an activating group) is 1. The maximum Gasteiger partial charge on any atom is 0.410 e. The van der Waals surface area contributed by atoms with Crippen LogP contribution >= 0.6 is 0 Å². The third kappa shape index (κ3) is 5.55. The molecule has 4 aromatic rings. The van der Waals surface area contributed by atoms with Gasteiger partial charge in [-0.05, 0) is 94.6 Å². The van der Waals surface area contributed by atoms with Gasteiger partial charge in [0.05, 0.1) is 17.6 Å². The van der Waals surface area contributed by atoms with Gasteiger partial charge < -0.3 is 24.4 Å². The number of hydrogen-bond acceptors (Lipinski definition) is 8. The number of phenolic OH excluding ortho intramolecular Hbond substituents is 1. The highest BCUT2D eigenvalue weighted by Gasteiger charge is 2.45. The Morgan fingerprint density at radius 2 is 1.76 bits per heavy atom. The van der Waals surface area contributed by atoms with Crippen LogP contribution in [-0.4, -0.2) is 88.0 Å². The van der Waals surface area contributed by atoms with Crippen molar-refractivity contribution in [2.24, 2.45) is 0 Å². The molecule has 9 nitrogen and oxygen atoms in total. The van der Waals surface area contributed by atoms with Crippen molar-refractivity contribution in [2.75, 3.05) is 38.2 Å². The number of piperazine rings is 1. The number of anilines is 1. The van der Waals surface area contributed by atoms with Crippen LogP contribution in [0, 0.1) is 11.6 Å². The molecule has 11 heteroatoms. The molecule has 3 aromatic carbocycles. The normalized spacial score (nSPS) is 21.8. The Morgan fingerprint density at radius 3 is 2.46 bits per heavy atom. The third-order valence-corrected chi connectivity index (χ3v) is 9.42. The van der Waals surface area contributed by atoms with Crippen LogP contribution in [0.4, 0.5) is 19.4 Å². The molecule has 1 aromatic heterocycles. The van der Waals surface area contributed by atoms with Crippen LogP contribution in [0.3, 0.4) is 0 Å². The van der Waals surface area contributed by atoms with Gasteiger partial charge in [0.15, 0.2) is 5.82 Å². The number of amides is 1. The van der Waals surface area contributed by atoms with Crippen molar-refractivity contribution in [1.82, 2.24) is 19.8 Å². The van der Waals surface area contributed by atoms with Gasteiger partial charge in [-0.15, -0.1) is 0 Å². The summed E-state index contributed by atoms with van der Waals surface area (Å²) in [5.74, 6) is -1.38. The number of phenols is 1. The fraction of sp³-hybridized carbons (Fsp3) is 0.457. The molecular weight excluding hydrogens is 592 g/mol. The van der Waals surface area contributed by atoms with E-state index in [1.165, 1.54) is 12.1 Å². The predicted molar refractivity (Wildman–Crippen MR) is 172 cm³/mol. The highest BCUT2D eigenvalue weighted by atomic mass is 19.1. The molecule has 3 atom stereocenters. The number of rotatable bonds is 5. The molecule has 3 fully saturated rings. The van der Waals surface area contributed by atoms with E-state index in [9.17, 15) is 9.90 Å². The summed E-state index contributed by atoms with van der Waals surface area (Å²) in [5.41, 5.74) is -0.734. The van der Waals surface area contributed by atoms with Crippen molar-refractivity contribution in [3.8, 4) is 22.9 Å². The minimum atomic E-state index is -0.854. The fourth-order valence-electron chi connectivity index (χ4n) is 7.26. The number of carbonyl (C=O) groups excluding carboxylic acids is 1. The number of fused-ring (bicyclic) bond motifs is 4. The van der Waals surface area contributed by atoms with Gasteiger partial charge in [0.2, 0.25) is 0 Å². The Hall–Kier alpha value is -4.25. The Morgan fingerprint density at radius 1 is 1.02 bits per heavy atom. The summed E-state index contributed by atoms with van der Waals surface area (Å²) in [4.78, 5) is 28.4. The van der Waals surface area contributed by atoms with Crippen LogP contribution in [-0.2, 0) is 4.74 Å². The van der Waals surface area contributed by atoms with Crippen LogP contribution in [0.5, 0.6) is 11.8 Å². The summed E-state index contributed by atoms with van der Waals surface area (Å²) < 4.78 is 44.7. The highest BCUT2D eigenvalue weighted by molar-refractivity contribution is 6.01. The van der Waals surface area contributed by atoms with Gasteiger partial charge in [-0.25, -0.2) is 13.6 Å². The lowest BCUT2D eigenvalue weighted by Crippen LogP contribution is -2.57. The van der Waals surface area contributed by atoms with Crippen molar-refractivity contribution in [2.45, 2.75) is 70.2 Å². The minimum Gasteiger partial charge on any atom is -0.508 e. The molecule has 0 radical (unpaired) electrons. The summed E-state index contributed by atoms with van der Waals surface area (Å²) in [7, 11) is 2.04. The van der Waals surface area contributed by atoms with E-state index in [2.05, 4.69) is 9.88 Å². The van der Waals surface area contributed by atoms with E-state index < -0.39 is 17.2 Å².